The summed E-state index contributed by atoms with van der Waals surface area (Å²) in [7, 11) is 0. The van der Waals surface area contributed by atoms with E-state index in [0.29, 0.717) is 12.3 Å². The van der Waals surface area contributed by atoms with Crippen LogP contribution in [0.4, 0.5) is 0 Å². The van der Waals surface area contributed by atoms with Gasteiger partial charge in [-0.25, -0.2) is 4.98 Å². The number of aromatic nitrogens is 1. The third-order valence-electron chi connectivity index (χ3n) is 3.78. The van der Waals surface area contributed by atoms with Crippen LogP contribution in [-0.4, -0.2) is 17.5 Å². The van der Waals surface area contributed by atoms with Gasteiger partial charge in [0.05, 0.1) is 12.2 Å². The van der Waals surface area contributed by atoms with Crippen molar-refractivity contribution in [1.29, 1.82) is 0 Å². The minimum atomic E-state index is -0.161. The number of nitrogens with zero attached hydrogens (tertiary/aromatic N) is 1. The summed E-state index contributed by atoms with van der Waals surface area (Å²) in [4.78, 5) is 16.5. The maximum absolute atomic E-state index is 11.9. The smallest absolute Gasteiger partial charge is 0.258 e. The molecule has 3 rings (SSSR count). The first-order chi connectivity index (χ1) is 12.1. The number of nitrogens with one attached hydrogen (secondary N) is 1. The van der Waals surface area contributed by atoms with Crippen molar-refractivity contribution in [3.8, 4) is 16.3 Å². The summed E-state index contributed by atoms with van der Waals surface area (Å²) < 4.78 is 5.47. The normalized spacial score (nSPS) is 10.5. The average Bonchev–Trinajstić information content (AvgIpc) is 3.08. The Labute approximate surface area is 151 Å². The molecular weight excluding hydrogens is 332 g/mol. The molecule has 128 valence electrons. The summed E-state index contributed by atoms with van der Waals surface area (Å²) in [5, 5.41) is 5.79. The second-order valence-corrected chi connectivity index (χ2v) is 6.70. The molecule has 0 saturated carbocycles. The second-order valence-electron chi connectivity index (χ2n) is 5.84. The van der Waals surface area contributed by atoms with Crippen LogP contribution in [0.1, 0.15) is 16.8 Å². The number of rotatable bonds is 6. The second kappa shape index (κ2) is 7.94. The van der Waals surface area contributed by atoms with Crippen molar-refractivity contribution in [3.63, 3.8) is 0 Å². The quantitative estimate of drug-likeness (QED) is 0.726. The van der Waals surface area contributed by atoms with E-state index in [1.807, 2.05) is 48.7 Å². The summed E-state index contributed by atoms with van der Waals surface area (Å²) in [6, 6.07) is 15.8. The van der Waals surface area contributed by atoms with Crippen LogP contribution in [0, 0.1) is 13.8 Å². The van der Waals surface area contributed by atoms with Crippen LogP contribution in [-0.2, 0) is 11.3 Å². The van der Waals surface area contributed by atoms with Crippen molar-refractivity contribution in [3.05, 3.63) is 70.7 Å². The topological polar surface area (TPSA) is 51.2 Å². The van der Waals surface area contributed by atoms with E-state index < -0.39 is 0 Å². The monoisotopic (exact) mass is 352 g/mol. The van der Waals surface area contributed by atoms with Gasteiger partial charge in [0.1, 0.15) is 10.8 Å². The molecule has 4 nitrogen and oxygen atoms in total. The predicted octanol–water partition coefficient (Wildman–Crippen LogP) is 4.12. The van der Waals surface area contributed by atoms with Crippen molar-refractivity contribution < 1.29 is 9.53 Å². The maximum Gasteiger partial charge on any atom is 0.258 e. The summed E-state index contributed by atoms with van der Waals surface area (Å²) in [5.41, 5.74) is 4.34. The van der Waals surface area contributed by atoms with Crippen LogP contribution in [0.25, 0.3) is 10.6 Å². The molecule has 25 heavy (non-hydrogen) atoms. The van der Waals surface area contributed by atoms with Gasteiger partial charge in [-0.15, -0.1) is 11.3 Å². The fourth-order valence-corrected chi connectivity index (χ4v) is 3.26. The van der Waals surface area contributed by atoms with Crippen LogP contribution >= 0.6 is 11.3 Å². The standard InChI is InChI=1S/C20H20N2O2S/c1-14-7-9-17(10-8-14)24-12-19(23)21-11-16-13-25-20(22-16)18-6-4-3-5-15(18)2/h3-10,13H,11-12H2,1-2H3,(H,21,23). The van der Waals surface area contributed by atoms with Gasteiger partial charge in [-0.1, -0.05) is 42.0 Å². The molecule has 1 heterocycles. The number of hydrogen-bond donors (Lipinski definition) is 1. The first-order valence-electron chi connectivity index (χ1n) is 8.08. The van der Waals surface area contributed by atoms with Gasteiger partial charge in [-0.3, -0.25) is 4.79 Å². The number of carbonyl (C=O) groups is 1. The molecule has 1 amide bonds. The third kappa shape index (κ3) is 4.67. The summed E-state index contributed by atoms with van der Waals surface area (Å²) >= 11 is 1.59. The van der Waals surface area contributed by atoms with Crippen molar-refractivity contribution in [2.75, 3.05) is 6.61 Å². The number of benzene rings is 2. The Morgan fingerprint density at radius 3 is 2.64 bits per heavy atom. The predicted molar refractivity (Wildman–Crippen MR) is 101 cm³/mol. The number of thiazole rings is 1. The Bertz CT molecular complexity index is 856. The fraction of sp³-hybridized carbons (Fsp3) is 0.200. The molecule has 1 N–H and O–H groups in total. The van der Waals surface area contributed by atoms with E-state index in [-0.39, 0.29) is 12.5 Å². The number of aryl methyl sites for hydroxylation is 2. The molecule has 0 spiro atoms. The maximum atomic E-state index is 11.9. The lowest BCUT2D eigenvalue weighted by molar-refractivity contribution is -0.123. The lowest BCUT2D eigenvalue weighted by Crippen LogP contribution is -2.28. The molecule has 0 atom stereocenters. The van der Waals surface area contributed by atoms with Gasteiger partial charge in [0.25, 0.3) is 5.91 Å². The highest BCUT2D eigenvalue weighted by atomic mass is 32.1. The van der Waals surface area contributed by atoms with E-state index in [1.165, 1.54) is 5.56 Å². The Morgan fingerprint density at radius 2 is 1.88 bits per heavy atom. The minimum absolute atomic E-state index is 0.00213. The van der Waals surface area contributed by atoms with E-state index in [9.17, 15) is 4.79 Å². The molecule has 0 saturated heterocycles. The van der Waals surface area contributed by atoms with Gasteiger partial charge in [0, 0.05) is 10.9 Å². The number of amides is 1. The molecule has 1 aromatic heterocycles. The molecule has 0 aliphatic carbocycles. The number of ether oxygens (including phenoxy) is 1. The van der Waals surface area contributed by atoms with Crippen LogP contribution in [0.15, 0.2) is 53.9 Å². The molecule has 0 radical (unpaired) electrons. The van der Waals surface area contributed by atoms with Gasteiger partial charge < -0.3 is 10.1 Å². The van der Waals surface area contributed by atoms with Gasteiger partial charge >= 0.3 is 0 Å². The minimum Gasteiger partial charge on any atom is -0.484 e. The molecular formula is C20H20N2O2S. The molecule has 0 aliphatic rings. The van der Waals surface area contributed by atoms with E-state index in [0.717, 1.165) is 21.8 Å². The van der Waals surface area contributed by atoms with Crippen molar-refractivity contribution in [1.82, 2.24) is 10.3 Å². The van der Waals surface area contributed by atoms with Crippen molar-refractivity contribution >= 4 is 17.2 Å². The highest BCUT2D eigenvalue weighted by Crippen LogP contribution is 2.26. The van der Waals surface area contributed by atoms with Crippen LogP contribution in [0.3, 0.4) is 0 Å². The van der Waals surface area contributed by atoms with E-state index in [4.69, 9.17) is 4.74 Å². The van der Waals surface area contributed by atoms with Crippen molar-refractivity contribution in [2.45, 2.75) is 20.4 Å². The summed E-state index contributed by atoms with van der Waals surface area (Å²) in [5.74, 6) is 0.530. The Hall–Kier alpha value is -2.66. The Kier molecular flexibility index (Phi) is 5.46. The Morgan fingerprint density at radius 1 is 1.12 bits per heavy atom. The zero-order chi connectivity index (χ0) is 17.6. The average molecular weight is 352 g/mol. The summed E-state index contributed by atoms with van der Waals surface area (Å²) in [6.45, 7) is 4.48. The van der Waals surface area contributed by atoms with Gasteiger partial charge in [0.2, 0.25) is 0 Å². The molecule has 0 fully saturated rings. The molecule has 0 bridgehead atoms. The highest BCUT2D eigenvalue weighted by Gasteiger charge is 2.08. The third-order valence-corrected chi connectivity index (χ3v) is 4.71. The van der Waals surface area contributed by atoms with Crippen molar-refractivity contribution in [2.24, 2.45) is 0 Å². The molecule has 3 aromatic rings. The summed E-state index contributed by atoms with van der Waals surface area (Å²) in [6.07, 6.45) is 0. The van der Waals surface area contributed by atoms with Crippen LogP contribution in [0.2, 0.25) is 0 Å². The largest absolute Gasteiger partial charge is 0.484 e. The van der Waals surface area contributed by atoms with Crippen LogP contribution < -0.4 is 10.1 Å². The number of hydrogen-bond acceptors (Lipinski definition) is 4. The molecule has 5 heteroatoms. The number of carbonyl (C=O) groups excluding carboxylic acids is 1. The lowest BCUT2D eigenvalue weighted by atomic mass is 10.1. The molecule has 0 aliphatic heterocycles. The molecule has 0 unspecified atom stereocenters. The van der Waals surface area contributed by atoms with Crippen LogP contribution in [0.5, 0.6) is 5.75 Å². The first kappa shape index (κ1) is 17.2. The Balaban J connectivity index is 1.51. The lowest BCUT2D eigenvalue weighted by Gasteiger charge is -2.07. The fourth-order valence-electron chi connectivity index (χ4n) is 2.35. The van der Waals surface area contributed by atoms with E-state index in [1.54, 1.807) is 11.3 Å². The zero-order valence-corrected chi connectivity index (χ0v) is 15.1. The first-order valence-corrected chi connectivity index (χ1v) is 8.96. The van der Waals surface area contributed by atoms with Gasteiger partial charge in [0.15, 0.2) is 6.61 Å². The SMILES string of the molecule is Cc1ccc(OCC(=O)NCc2csc(-c3ccccc3C)n2)cc1. The van der Waals surface area contributed by atoms with E-state index >= 15 is 0 Å². The molecule has 2 aromatic carbocycles. The van der Waals surface area contributed by atoms with E-state index in [2.05, 4.69) is 29.4 Å². The van der Waals surface area contributed by atoms with Gasteiger partial charge in [-0.2, -0.15) is 0 Å². The highest BCUT2D eigenvalue weighted by molar-refractivity contribution is 7.13. The zero-order valence-electron chi connectivity index (χ0n) is 14.3. The van der Waals surface area contributed by atoms with Gasteiger partial charge in [-0.05, 0) is 31.5 Å².